The van der Waals surface area contributed by atoms with Crippen LogP contribution in [-0.4, -0.2) is 37.0 Å². The molecule has 0 saturated heterocycles. The van der Waals surface area contributed by atoms with Crippen LogP contribution < -0.4 is 16.0 Å². The van der Waals surface area contributed by atoms with Crippen LogP contribution >= 0.6 is 0 Å². The summed E-state index contributed by atoms with van der Waals surface area (Å²) in [5, 5.41) is 6.96. The van der Waals surface area contributed by atoms with E-state index in [9.17, 15) is 27.6 Å². The minimum absolute atomic E-state index is 0.0341. The molecule has 3 amide bonds. The van der Waals surface area contributed by atoms with Gasteiger partial charge in [0.25, 0.3) is 11.8 Å². The van der Waals surface area contributed by atoms with E-state index in [1.807, 2.05) is 0 Å². The molecule has 2 aromatic carbocycles. The van der Waals surface area contributed by atoms with Crippen LogP contribution in [0.4, 0.5) is 18.9 Å². The number of nitrogens with one attached hydrogen (secondary N) is 3. The molecule has 2 aromatic rings. The third-order valence-electron chi connectivity index (χ3n) is 3.55. The van der Waals surface area contributed by atoms with Crippen LogP contribution in [0.15, 0.2) is 54.6 Å². The highest BCUT2D eigenvalue weighted by Crippen LogP contribution is 2.14. The van der Waals surface area contributed by atoms with Crippen molar-refractivity contribution in [1.82, 2.24) is 10.6 Å². The Labute approximate surface area is 159 Å². The van der Waals surface area contributed by atoms with E-state index in [0.717, 1.165) is 0 Å². The lowest BCUT2D eigenvalue weighted by Gasteiger charge is -2.09. The van der Waals surface area contributed by atoms with Gasteiger partial charge in [0.15, 0.2) is 0 Å². The van der Waals surface area contributed by atoms with E-state index in [1.54, 1.807) is 35.6 Å². The third kappa shape index (κ3) is 7.10. The first-order chi connectivity index (χ1) is 13.2. The quantitative estimate of drug-likeness (QED) is 0.676. The van der Waals surface area contributed by atoms with E-state index in [-0.39, 0.29) is 30.3 Å². The zero-order valence-electron chi connectivity index (χ0n) is 14.7. The fraction of sp³-hybridized carbons (Fsp3) is 0.211. The highest BCUT2D eigenvalue weighted by atomic mass is 19.4. The fourth-order valence-electron chi connectivity index (χ4n) is 2.19. The lowest BCUT2D eigenvalue weighted by molar-refractivity contribution is -0.123. The number of anilines is 1. The summed E-state index contributed by atoms with van der Waals surface area (Å²) in [6, 6.07) is 14.0. The van der Waals surface area contributed by atoms with Gasteiger partial charge in [-0.05, 0) is 36.4 Å². The largest absolute Gasteiger partial charge is 0.405 e. The van der Waals surface area contributed by atoms with Crippen molar-refractivity contribution in [2.24, 2.45) is 0 Å². The normalized spacial score (nSPS) is 10.8. The Morgan fingerprint density at radius 2 is 1.36 bits per heavy atom. The zero-order valence-corrected chi connectivity index (χ0v) is 14.7. The highest BCUT2D eigenvalue weighted by Gasteiger charge is 2.27. The lowest BCUT2D eigenvalue weighted by atomic mass is 10.2. The molecule has 148 valence electrons. The van der Waals surface area contributed by atoms with Gasteiger partial charge >= 0.3 is 6.18 Å². The topological polar surface area (TPSA) is 87.3 Å². The van der Waals surface area contributed by atoms with Gasteiger partial charge in [-0.25, -0.2) is 0 Å². The first-order valence-corrected chi connectivity index (χ1v) is 8.33. The molecule has 0 aliphatic carbocycles. The summed E-state index contributed by atoms with van der Waals surface area (Å²) in [5.41, 5.74) is 0.909. The van der Waals surface area contributed by atoms with Crippen LogP contribution in [0.25, 0.3) is 0 Å². The molecular weight excluding hydrogens is 375 g/mol. The van der Waals surface area contributed by atoms with Gasteiger partial charge in [-0.15, -0.1) is 0 Å². The summed E-state index contributed by atoms with van der Waals surface area (Å²) in [4.78, 5) is 35.4. The molecule has 0 fully saturated rings. The molecule has 0 atom stereocenters. The number of halogens is 3. The van der Waals surface area contributed by atoms with Gasteiger partial charge in [0, 0.05) is 29.8 Å². The van der Waals surface area contributed by atoms with Crippen LogP contribution in [0, 0.1) is 0 Å². The Hall–Kier alpha value is -3.36. The number of hydrogen-bond acceptors (Lipinski definition) is 3. The molecule has 0 aliphatic rings. The predicted molar refractivity (Wildman–Crippen MR) is 96.9 cm³/mol. The molecule has 2 rings (SSSR count). The van der Waals surface area contributed by atoms with Crippen LogP contribution in [0.2, 0.25) is 0 Å². The molecule has 0 aromatic heterocycles. The summed E-state index contributed by atoms with van der Waals surface area (Å²) in [5.74, 6) is -1.51. The van der Waals surface area contributed by atoms with Crippen molar-refractivity contribution < 1.29 is 27.6 Å². The van der Waals surface area contributed by atoms with E-state index in [1.165, 1.54) is 24.3 Å². The molecule has 3 N–H and O–H groups in total. The second-order valence-electron chi connectivity index (χ2n) is 5.80. The van der Waals surface area contributed by atoms with Crippen LogP contribution in [-0.2, 0) is 4.79 Å². The van der Waals surface area contributed by atoms with Crippen molar-refractivity contribution in [3.63, 3.8) is 0 Å². The van der Waals surface area contributed by atoms with Gasteiger partial charge in [-0.1, -0.05) is 18.2 Å². The maximum atomic E-state index is 12.1. The van der Waals surface area contributed by atoms with Crippen LogP contribution in [0.3, 0.4) is 0 Å². The first-order valence-electron chi connectivity index (χ1n) is 8.33. The number of alkyl halides is 3. The van der Waals surface area contributed by atoms with Crippen LogP contribution in [0.1, 0.15) is 27.1 Å². The Balaban J connectivity index is 1.76. The molecule has 0 aliphatic heterocycles. The lowest BCUT2D eigenvalue weighted by Crippen LogP contribution is -2.33. The summed E-state index contributed by atoms with van der Waals surface area (Å²) in [7, 11) is 0. The summed E-state index contributed by atoms with van der Waals surface area (Å²) >= 11 is 0. The maximum absolute atomic E-state index is 12.1. The molecular formula is C19H18F3N3O3. The van der Waals surface area contributed by atoms with Crippen molar-refractivity contribution in [2.75, 3.05) is 18.4 Å². The molecule has 0 heterocycles. The van der Waals surface area contributed by atoms with Gasteiger partial charge in [0.1, 0.15) is 6.54 Å². The Morgan fingerprint density at radius 1 is 0.786 bits per heavy atom. The molecule has 9 heteroatoms. The summed E-state index contributed by atoms with van der Waals surface area (Å²) in [6.45, 7) is -1.28. The molecule has 0 bridgehead atoms. The summed E-state index contributed by atoms with van der Waals surface area (Å²) < 4.78 is 36.3. The molecule has 0 radical (unpaired) electrons. The van der Waals surface area contributed by atoms with Crippen molar-refractivity contribution >= 4 is 23.4 Å². The van der Waals surface area contributed by atoms with E-state index in [2.05, 4.69) is 10.6 Å². The highest BCUT2D eigenvalue weighted by molar-refractivity contribution is 5.96. The zero-order chi connectivity index (χ0) is 20.6. The van der Waals surface area contributed by atoms with E-state index in [0.29, 0.717) is 11.3 Å². The SMILES string of the molecule is O=C(CCNC(=O)c1ccccc1)Nc1ccc(C(=O)NCC(F)(F)F)cc1. The molecule has 28 heavy (non-hydrogen) atoms. The Bertz CT molecular complexity index is 822. The molecule has 0 unspecified atom stereocenters. The number of amides is 3. The van der Waals surface area contributed by atoms with Crippen molar-refractivity contribution in [2.45, 2.75) is 12.6 Å². The van der Waals surface area contributed by atoms with Gasteiger partial charge in [-0.3, -0.25) is 14.4 Å². The van der Waals surface area contributed by atoms with Gasteiger partial charge < -0.3 is 16.0 Å². The average Bonchev–Trinajstić information content (AvgIpc) is 2.66. The van der Waals surface area contributed by atoms with Crippen molar-refractivity contribution in [1.29, 1.82) is 0 Å². The van der Waals surface area contributed by atoms with Crippen molar-refractivity contribution in [3.05, 3.63) is 65.7 Å². The van der Waals surface area contributed by atoms with Gasteiger partial charge in [-0.2, -0.15) is 13.2 Å². The van der Waals surface area contributed by atoms with E-state index >= 15 is 0 Å². The predicted octanol–water partition coefficient (Wildman–Crippen LogP) is 2.74. The second kappa shape index (κ2) is 9.54. The van der Waals surface area contributed by atoms with E-state index < -0.39 is 18.6 Å². The average molecular weight is 393 g/mol. The standard InChI is InChI=1S/C19H18F3N3O3/c20-19(21,22)12-24-18(28)14-6-8-15(9-7-14)25-16(26)10-11-23-17(27)13-4-2-1-3-5-13/h1-9H,10-12H2,(H,23,27)(H,24,28)(H,25,26). The molecule has 0 spiro atoms. The first kappa shape index (κ1) is 20.9. The number of hydrogen-bond donors (Lipinski definition) is 3. The smallest absolute Gasteiger partial charge is 0.352 e. The van der Waals surface area contributed by atoms with E-state index in [4.69, 9.17) is 0 Å². The van der Waals surface area contributed by atoms with Crippen molar-refractivity contribution in [3.8, 4) is 0 Å². The van der Waals surface area contributed by atoms with Crippen LogP contribution in [0.5, 0.6) is 0 Å². The number of rotatable bonds is 7. The van der Waals surface area contributed by atoms with Gasteiger partial charge in [0.05, 0.1) is 0 Å². The minimum atomic E-state index is -4.49. The summed E-state index contributed by atoms with van der Waals surface area (Å²) in [6.07, 6.45) is -4.45. The number of carbonyl (C=O) groups excluding carboxylic acids is 3. The molecule has 6 nitrogen and oxygen atoms in total. The third-order valence-corrected chi connectivity index (χ3v) is 3.55. The fourth-order valence-corrected chi connectivity index (χ4v) is 2.19. The van der Waals surface area contributed by atoms with Gasteiger partial charge in [0.2, 0.25) is 5.91 Å². The minimum Gasteiger partial charge on any atom is -0.352 e. The second-order valence-corrected chi connectivity index (χ2v) is 5.80. The molecule has 0 saturated carbocycles. The number of carbonyl (C=O) groups is 3. The Kier molecular flexibility index (Phi) is 7.14. The Morgan fingerprint density at radius 3 is 1.96 bits per heavy atom. The maximum Gasteiger partial charge on any atom is 0.405 e. The number of benzene rings is 2. The monoisotopic (exact) mass is 393 g/mol.